The van der Waals surface area contributed by atoms with Gasteiger partial charge in [0, 0.05) is 86.2 Å². The average Bonchev–Trinajstić information content (AvgIpc) is 4.10. The minimum Gasteiger partial charge on any atom is -0.455 e. The SMILES string of the molecule is CC1(C)CCC(CN2CCN(c3ccc(C(=O)NS(=O)(=O)c4ccc(NCC5COCN(S(=O)(=O)C6CC6)C5)c([N+](=O)[O-])c4)c(Oc4cnc5[nH]ccc5c4)c3)CC2)=C(c2ccc(C(F)(F)F)cc2Cl)C1. The number of carbonyl (C=O) groups excluding carboxylic acids is 1. The number of fused-ring (bicyclic) bond motifs is 1. The van der Waals surface area contributed by atoms with Crippen molar-refractivity contribution < 1.29 is 49.2 Å². The summed E-state index contributed by atoms with van der Waals surface area (Å²) >= 11 is 6.54. The molecule has 2 aromatic heterocycles. The van der Waals surface area contributed by atoms with Gasteiger partial charge in [0.05, 0.1) is 39.0 Å². The highest BCUT2D eigenvalue weighted by Gasteiger charge is 2.42. The molecule has 1 saturated carbocycles. The Kier molecular flexibility index (Phi) is 13.9. The van der Waals surface area contributed by atoms with Crippen molar-refractivity contribution in [1.82, 2.24) is 23.9 Å². The van der Waals surface area contributed by atoms with Gasteiger partial charge in [-0.3, -0.25) is 19.8 Å². The van der Waals surface area contributed by atoms with Gasteiger partial charge in [-0.1, -0.05) is 37.1 Å². The maximum Gasteiger partial charge on any atom is 0.416 e. The summed E-state index contributed by atoms with van der Waals surface area (Å²) in [6.45, 7) is 7.68. The number of alkyl halides is 3. The monoisotopic (exact) mass is 1040 g/mol. The largest absolute Gasteiger partial charge is 0.455 e. The highest BCUT2D eigenvalue weighted by molar-refractivity contribution is 7.90. The third kappa shape index (κ3) is 11.3. The van der Waals surface area contributed by atoms with Gasteiger partial charge in [-0.05, 0) is 97.2 Å². The van der Waals surface area contributed by atoms with E-state index < -0.39 is 58.4 Å². The van der Waals surface area contributed by atoms with Gasteiger partial charge in [-0.2, -0.15) is 17.5 Å². The minimum absolute atomic E-state index is 0.00880. The molecular formula is C48H52ClF3N8O9S2. The van der Waals surface area contributed by atoms with Crippen molar-refractivity contribution >= 4 is 71.2 Å². The van der Waals surface area contributed by atoms with Crippen LogP contribution in [0, 0.1) is 21.4 Å². The van der Waals surface area contributed by atoms with Crippen LogP contribution < -0.4 is 19.7 Å². The van der Waals surface area contributed by atoms with Crippen LogP contribution in [0.3, 0.4) is 0 Å². The molecule has 1 atom stereocenters. The molecule has 1 unspecified atom stereocenters. The predicted octanol–water partition coefficient (Wildman–Crippen LogP) is 8.65. The zero-order valence-electron chi connectivity index (χ0n) is 38.8. The molecule has 4 heterocycles. The fourth-order valence-corrected chi connectivity index (χ4v) is 12.4. The van der Waals surface area contributed by atoms with E-state index in [2.05, 4.69) is 38.9 Å². The third-order valence-corrected chi connectivity index (χ3v) is 17.3. The molecule has 378 valence electrons. The number of anilines is 2. The number of ether oxygens (including phenoxy) is 2. The first-order valence-corrected chi connectivity index (χ1v) is 26.5. The summed E-state index contributed by atoms with van der Waals surface area (Å²) in [6, 6.07) is 15.0. The van der Waals surface area contributed by atoms with E-state index in [4.69, 9.17) is 21.1 Å². The molecule has 2 aliphatic heterocycles. The van der Waals surface area contributed by atoms with Crippen LogP contribution in [0.25, 0.3) is 16.6 Å². The van der Waals surface area contributed by atoms with Crippen molar-refractivity contribution in [2.45, 2.75) is 62.3 Å². The average molecular weight is 1040 g/mol. The molecule has 2 aliphatic carbocycles. The van der Waals surface area contributed by atoms with Gasteiger partial charge in [-0.15, -0.1) is 0 Å². The Bertz CT molecular complexity index is 3140. The van der Waals surface area contributed by atoms with Crippen LogP contribution >= 0.6 is 11.6 Å². The molecule has 3 fully saturated rings. The molecule has 4 aliphatic rings. The second-order valence-electron chi connectivity index (χ2n) is 19.2. The number of hydrogen-bond donors (Lipinski definition) is 3. The first-order valence-electron chi connectivity index (χ1n) is 23.1. The first-order chi connectivity index (χ1) is 33.6. The Balaban J connectivity index is 0.910. The lowest BCUT2D eigenvalue weighted by atomic mass is 9.72. The van der Waals surface area contributed by atoms with Gasteiger partial charge in [-0.25, -0.2) is 26.5 Å². The second kappa shape index (κ2) is 19.7. The van der Waals surface area contributed by atoms with Gasteiger partial charge in [0.2, 0.25) is 10.0 Å². The smallest absolute Gasteiger partial charge is 0.416 e. The molecule has 3 aromatic carbocycles. The number of aromatic nitrogens is 2. The molecule has 0 spiro atoms. The number of halogens is 4. The maximum absolute atomic E-state index is 14.0. The predicted molar refractivity (Wildman–Crippen MR) is 261 cm³/mol. The van der Waals surface area contributed by atoms with E-state index in [9.17, 15) is 44.9 Å². The van der Waals surface area contributed by atoms with Gasteiger partial charge in [0.15, 0.2) is 0 Å². The molecule has 9 rings (SSSR count). The normalized spacial score (nSPS) is 19.5. The van der Waals surface area contributed by atoms with Crippen molar-refractivity contribution in [3.05, 3.63) is 117 Å². The lowest BCUT2D eigenvalue weighted by molar-refractivity contribution is -0.384. The molecule has 3 N–H and O–H groups in total. The Labute approximate surface area is 413 Å². The van der Waals surface area contributed by atoms with E-state index in [0.29, 0.717) is 68.9 Å². The van der Waals surface area contributed by atoms with Gasteiger partial charge >= 0.3 is 6.18 Å². The van der Waals surface area contributed by atoms with Crippen LogP contribution in [0.5, 0.6) is 11.5 Å². The van der Waals surface area contributed by atoms with Crippen molar-refractivity contribution in [3.8, 4) is 11.5 Å². The lowest BCUT2D eigenvalue weighted by Gasteiger charge is -2.39. The van der Waals surface area contributed by atoms with E-state index in [1.54, 1.807) is 30.5 Å². The van der Waals surface area contributed by atoms with Gasteiger partial charge < -0.3 is 24.7 Å². The second-order valence-corrected chi connectivity index (χ2v) is 23.5. The van der Waals surface area contributed by atoms with Crippen LogP contribution in [-0.4, -0.2) is 111 Å². The zero-order chi connectivity index (χ0) is 50.5. The van der Waals surface area contributed by atoms with Crippen LogP contribution in [0.1, 0.15) is 67.4 Å². The first kappa shape index (κ1) is 50.2. The van der Waals surface area contributed by atoms with Crippen LogP contribution in [-0.2, 0) is 31.0 Å². The van der Waals surface area contributed by atoms with Crippen LogP contribution in [0.15, 0.2) is 89.6 Å². The number of nitrogens with zero attached hydrogens (tertiary/aromatic N) is 5. The van der Waals surface area contributed by atoms with E-state index in [-0.39, 0.29) is 65.5 Å². The highest BCUT2D eigenvalue weighted by atomic mass is 35.5. The summed E-state index contributed by atoms with van der Waals surface area (Å²) in [5, 5.41) is 15.6. The van der Waals surface area contributed by atoms with Crippen molar-refractivity contribution in [2.75, 3.05) is 69.4 Å². The Hall–Kier alpha value is -5.78. The summed E-state index contributed by atoms with van der Waals surface area (Å²) in [6.07, 6.45) is 2.19. The number of nitro groups is 1. The van der Waals surface area contributed by atoms with E-state index in [1.165, 1.54) is 28.7 Å². The molecular weight excluding hydrogens is 989 g/mol. The lowest BCUT2D eigenvalue weighted by Crippen LogP contribution is -2.47. The van der Waals surface area contributed by atoms with E-state index in [1.807, 2.05) is 4.72 Å². The molecule has 17 nitrogen and oxygen atoms in total. The Morgan fingerprint density at radius 1 is 1.03 bits per heavy atom. The summed E-state index contributed by atoms with van der Waals surface area (Å²) in [5.74, 6) is -1.12. The van der Waals surface area contributed by atoms with Gasteiger partial charge in [0.25, 0.3) is 21.6 Å². The minimum atomic E-state index is -4.71. The molecule has 71 heavy (non-hydrogen) atoms. The Morgan fingerprint density at radius 2 is 1.80 bits per heavy atom. The van der Waals surface area contributed by atoms with Gasteiger partial charge in [0.1, 0.15) is 29.6 Å². The number of hydrogen-bond acceptors (Lipinski definition) is 13. The van der Waals surface area contributed by atoms with Crippen molar-refractivity contribution in [1.29, 1.82) is 0 Å². The molecule has 1 amide bonds. The number of allylic oxidation sites excluding steroid dienone is 1. The molecule has 0 bridgehead atoms. The fraction of sp³-hybridized carbons (Fsp3) is 0.417. The Morgan fingerprint density at radius 3 is 2.52 bits per heavy atom. The molecule has 5 aromatic rings. The summed E-state index contributed by atoms with van der Waals surface area (Å²) < 4.78 is 109. The number of benzene rings is 3. The summed E-state index contributed by atoms with van der Waals surface area (Å²) in [5.41, 5.74) is 2.41. The molecule has 0 radical (unpaired) electrons. The third-order valence-electron chi connectivity index (χ3n) is 13.4. The number of amides is 1. The zero-order valence-corrected chi connectivity index (χ0v) is 41.2. The number of H-pyrrole nitrogens is 1. The number of pyridine rings is 1. The van der Waals surface area contributed by atoms with Crippen LogP contribution in [0.2, 0.25) is 5.02 Å². The summed E-state index contributed by atoms with van der Waals surface area (Å²) in [7, 11) is -8.21. The van der Waals surface area contributed by atoms with Crippen molar-refractivity contribution in [2.24, 2.45) is 11.3 Å². The summed E-state index contributed by atoms with van der Waals surface area (Å²) in [4.78, 5) is 36.7. The number of sulfonamides is 2. The fourth-order valence-electron chi connectivity index (χ4n) is 9.31. The van der Waals surface area contributed by atoms with Crippen molar-refractivity contribution in [3.63, 3.8) is 0 Å². The quantitative estimate of drug-likeness (QED) is 0.0663. The van der Waals surface area contributed by atoms with E-state index >= 15 is 0 Å². The maximum atomic E-state index is 14.0. The highest BCUT2D eigenvalue weighted by Crippen LogP contribution is 2.46. The van der Waals surface area contributed by atoms with E-state index in [0.717, 1.165) is 53.6 Å². The number of rotatable bonds is 15. The standard InChI is InChI=1S/C48H52ClF3N8O9S2/c1-47(2)13-11-32(40(23-47)38-8-3-33(20-41(38)49)48(50,51)52)27-57-15-17-58(18-16-57)34-4-9-39(44(21-34)69-35-19-31-12-14-53-45(31)55-25-35)46(61)56-70(64,65)37-7-10-42(43(22-37)60(62)63)54-24-30-26-59(29-68-28-30)71(66,67)36-5-6-36/h3-4,7-10,12,14,19-22,25,30,36,54H,5-6,11,13,15-18,23-24,26-29H2,1-2H3,(H,53,55)(H,56,61). The molecule has 2 saturated heterocycles. The number of piperazine rings is 1. The molecule has 23 heteroatoms. The number of aromatic amines is 1. The topological polar surface area (TPSA) is 209 Å². The number of nitrogens with one attached hydrogen (secondary N) is 3. The number of nitro benzene ring substituents is 1. The van der Waals surface area contributed by atoms with Crippen LogP contribution in [0.4, 0.5) is 30.2 Å². The number of carbonyl (C=O) groups is 1.